The van der Waals surface area contributed by atoms with Crippen LogP contribution < -0.4 is 11.2 Å². The van der Waals surface area contributed by atoms with E-state index in [0.29, 0.717) is 11.7 Å². The summed E-state index contributed by atoms with van der Waals surface area (Å²) in [6.07, 6.45) is 3.51. The van der Waals surface area contributed by atoms with Crippen LogP contribution in [0.3, 0.4) is 0 Å². The van der Waals surface area contributed by atoms with E-state index >= 15 is 0 Å². The Morgan fingerprint density at radius 1 is 1.29 bits per heavy atom. The van der Waals surface area contributed by atoms with E-state index in [1.165, 1.54) is 29.0 Å². The first-order valence-corrected chi connectivity index (χ1v) is 13.0. The smallest absolute Gasteiger partial charge is 0.330 e. The van der Waals surface area contributed by atoms with Gasteiger partial charge < -0.3 is 18.9 Å². The maximum atomic E-state index is 12.2. The lowest BCUT2D eigenvalue weighted by Gasteiger charge is -2.24. The topological polar surface area (TPSA) is 109 Å². The lowest BCUT2D eigenvalue weighted by Crippen LogP contribution is -2.37. The molecule has 0 amide bonds. The predicted molar refractivity (Wildman–Crippen MR) is 117 cm³/mol. The zero-order valence-electron chi connectivity index (χ0n) is 17.6. The number of aromatic nitrogens is 2. The van der Waals surface area contributed by atoms with E-state index in [0.717, 1.165) is 19.3 Å². The molecule has 11 heteroatoms. The molecule has 1 aromatic heterocycles. The van der Waals surface area contributed by atoms with Crippen LogP contribution in [0.1, 0.15) is 52.2 Å². The Balaban J connectivity index is 1.31. The maximum Gasteiger partial charge on any atom is 0.330 e. The summed E-state index contributed by atoms with van der Waals surface area (Å²) in [7, 11) is 3.88. The van der Waals surface area contributed by atoms with E-state index in [1.807, 2.05) is 21.6 Å². The van der Waals surface area contributed by atoms with Crippen molar-refractivity contribution in [1.82, 2.24) is 9.55 Å². The Hall–Kier alpha value is -1.27. The third kappa shape index (κ3) is 5.57. The van der Waals surface area contributed by atoms with E-state index in [9.17, 15) is 14.4 Å². The van der Waals surface area contributed by atoms with Crippen LogP contribution in [0.4, 0.5) is 0 Å². The highest BCUT2D eigenvalue weighted by atomic mass is 33.1. The maximum absolute atomic E-state index is 12.2. The van der Waals surface area contributed by atoms with Crippen molar-refractivity contribution in [1.29, 1.82) is 0 Å². The van der Waals surface area contributed by atoms with Gasteiger partial charge >= 0.3 is 11.7 Å². The van der Waals surface area contributed by atoms with Crippen LogP contribution in [0.5, 0.6) is 0 Å². The summed E-state index contributed by atoms with van der Waals surface area (Å²) in [6, 6.07) is 1.25. The molecular formula is C20H28N2O7S2. The molecule has 3 aliphatic rings. The highest BCUT2D eigenvalue weighted by molar-refractivity contribution is 8.77. The highest BCUT2D eigenvalue weighted by Gasteiger charge is 2.56. The third-order valence-corrected chi connectivity index (χ3v) is 8.55. The first-order chi connectivity index (χ1) is 14.8. The Labute approximate surface area is 187 Å². The van der Waals surface area contributed by atoms with E-state index in [-0.39, 0.29) is 12.6 Å². The second-order valence-corrected chi connectivity index (χ2v) is 11.2. The molecule has 1 aromatic rings. The number of carbonyl (C=O) groups excluding carboxylic acids is 1. The molecule has 0 aliphatic carbocycles. The number of hydrogen-bond acceptors (Lipinski definition) is 9. The number of rotatable bonds is 8. The zero-order valence-corrected chi connectivity index (χ0v) is 19.2. The van der Waals surface area contributed by atoms with Crippen LogP contribution in [0.25, 0.3) is 0 Å². The molecule has 4 unspecified atom stereocenters. The molecule has 0 saturated carbocycles. The van der Waals surface area contributed by atoms with Gasteiger partial charge in [0.1, 0.15) is 24.9 Å². The van der Waals surface area contributed by atoms with Crippen molar-refractivity contribution < 1.29 is 23.7 Å². The molecule has 3 saturated heterocycles. The molecule has 4 rings (SSSR count). The number of unbranched alkanes of at least 4 members (excludes halogenated alkanes) is 1. The van der Waals surface area contributed by atoms with Crippen LogP contribution in [0, 0.1) is 0 Å². The Morgan fingerprint density at radius 2 is 2.10 bits per heavy atom. The fraction of sp³-hybridized carbons (Fsp3) is 0.750. The van der Waals surface area contributed by atoms with Crippen LogP contribution in [-0.4, -0.2) is 57.2 Å². The van der Waals surface area contributed by atoms with Gasteiger partial charge in [-0.15, -0.1) is 0 Å². The fourth-order valence-electron chi connectivity index (χ4n) is 4.10. The molecule has 0 spiro atoms. The molecule has 0 radical (unpaired) electrons. The molecule has 9 nitrogen and oxygen atoms in total. The molecule has 1 N–H and O–H groups in total. The summed E-state index contributed by atoms with van der Waals surface area (Å²) in [5.74, 6) is 0.0916. The van der Waals surface area contributed by atoms with Gasteiger partial charge in [-0.05, 0) is 33.1 Å². The summed E-state index contributed by atoms with van der Waals surface area (Å²) in [5, 5.41) is 0.709. The Kier molecular flexibility index (Phi) is 7.17. The normalized spacial score (nSPS) is 31.6. The second-order valence-electron chi connectivity index (χ2n) is 8.40. The minimum absolute atomic E-state index is 0.0170. The molecule has 3 fully saturated rings. The molecule has 31 heavy (non-hydrogen) atoms. The molecule has 172 valence electrons. The van der Waals surface area contributed by atoms with Gasteiger partial charge in [0.15, 0.2) is 12.0 Å². The molecule has 4 heterocycles. The summed E-state index contributed by atoms with van der Waals surface area (Å²) >= 11 is 0. The average molecular weight is 473 g/mol. The molecular weight excluding hydrogens is 444 g/mol. The van der Waals surface area contributed by atoms with Gasteiger partial charge in [-0.2, -0.15) is 0 Å². The Bertz CT molecular complexity index is 896. The number of H-pyrrole nitrogens is 1. The highest BCUT2D eigenvalue weighted by Crippen LogP contribution is 2.42. The molecule has 0 aromatic carbocycles. The van der Waals surface area contributed by atoms with Gasteiger partial charge in [0.05, 0.1) is 0 Å². The summed E-state index contributed by atoms with van der Waals surface area (Å²) < 4.78 is 24.6. The van der Waals surface area contributed by atoms with Crippen LogP contribution >= 0.6 is 21.6 Å². The van der Waals surface area contributed by atoms with Crippen molar-refractivity contribution in [3.05, 3.63) is 33.1 Å². The van der Waals surface area contributed by atoms with Crippen LogP contribution in [0.15, 0.2) is 21.9 Å². The monoisotopic (exact) mass is 472 g/mol. The lowest BCUT2D eigenvalue weighted by atomic mass is 10.1. The largest absolute Gasteiger partial charge is 0.463 e. The minimum atomic E-state index is -0.859. The first kappa shape index (κ1) is 22.9. The predicted octanol–water partition coefficient (Wildman–Crippen LogP) is 2.21. The standard InChI is InChI=1S/C20H28N2O7S2/c1-20(2)28-16-13(11-26-15(24)6-4-3-5-12-8-10-30-31-12)27-18(17(16)29-20)22-9-7-14(23)21-19(22)25/h7,9,12-13,16-18H,3-6,8,10-11H2,1-2H3,(H,21,23,25)/t12?,13?,16-,17?,18?/m1/s1. The van der Waals surface area contributed by atoms with Crippen molar-refractivity contribution in [2.45, 2.75) is 81.5 Å². The summed E-state index contributed by atoms with van der Waals surface area (Å²) in [4.78, 5) is 38.0. The van der Waals surface area contributed by atoms with Gasteiger partial charge in [-0.3, -0.25) is 19.1 Å². The number of nitrogens with zero attached hydrogens (tertiary/aromatic N) is 1. The van der Waals surface area contributed by atoms with Crippen molar-refractivity contribution >= 4 is 27.6 Å². The van der Waals surface area contributed by atoms with Crippen molar-refractivity contribution in [2.75, 3.05) is 12.4 Å². The van der Waals surface area contributed by atoms with Crippen LogP contribution in [-0.2, 0) is 23.7 Å². The fourth-order valence-corrected chi connectivity index (χ4v) is 7.13. The summed E-state index contributed by atoms with van der Waals surface area (Å²) in [5.41, 5.74) is -1.09. The lowest BCUT2D eigenvalue weighted by molar-refractivity contribution is -0.203. The van der Waals surface area contributed by atoms with E-state index in [2.05, 4.69) is 4.98 Å². The second kappa shape index (κ2) is 9.70. The minimum Gasteiger partial charge on any atom is -0.463 e. The molecule has 3 aliphatic heterocycles. The average Bonchev–Trinajstić information content (AvgIpc) is 3.40. The number of nitrogens with one attached hydrogen (secondary N) is 1. The van der Waals surface area contributed by atoms with Crippen LogP contribution in [0.2, 0.25) is 0 Å². The third-order valence-electron chi connectivity index (χ3n) is 5.54. The zero-order chi connectivity index (χ0) is 22.0. The number of aromatic amines is 1. The SMILES string of the molecule is CC1(C)OC2C(n3ccc(=O)[nH]c3=O)OC(COC(=O)CCCCC3CCSS3)[C@H]2O1. The van der Waals surface area contributed by atoms with Gasteiger partial charge in [0.25, 0.3) is 5.56 Å². The van der Waals surface area contributed by atoms with Gasteiger partial charge in [-0.25, -0.2) is 4.79 Å². The van der Waals surface area contributed by atoms with E-state index in [1.54, 1.807) is 13.8 Å². The van der Waals surface area contributed by atoms with Gasteiger partial charge in [0.2, 0.25) is 0 Å². The number of hydrogen-bond donors (Lipinski definition) is 1. The van der Waals surface area contributed by atoms with Crippen molar-refractivity contribution in [3.63, 3.8) is 0 Å². The molecule has 5 atom stereocenters. The number of ether oxygens (including phenoxy) is 4. The first-order valence-electron chi connectivity index (χ1n) is 10.6. The van der Waals surface area contributed by atoms with Crippen molar-refractivity contribution in [2.24, 2.45) is 0 Å². The number of fused-ring (bicyclic) bond motifs is 1. The summed E-state index contributed by atoms with van der Waals surface area (Å²) in [6.45, 7) is 3.58. The van der Waals surface area contributed by atoms with Crippen molar-refractivity contribution in [3.8, 4) is 0 Å². The number of esters is 1. The van der Waals surface area contributed by atoms with E-state index in [4.69, 9.17) is 18.9 Å². The van der Waals surface area contributed by atoms with Gasteiger partial charge in [-0.1, -0.05) is 28.0 Å². The van der Waals surface area contributed by atoms with Gasteiger partial charge in [0, 0.05) is 29.7 Å². The molecule has 0 bridgehead atoms. The Morgan fingerprint density at radius 3 is 2.84 bits per heavy atom. The number of carbonyl (C=O) groups is 1. The van der Waals surface area contributed by atoms with E-state index < -0.39 is 41.6 Å². The quantitative estimate of drug-likeness (QED) is 0.346.